The van der Waals surface area contributed by atoms with Crippen LogP contribution < -0.4 is 9.46 Å². The van der Waals surface area contributed by atoms with Crippen LogP contribution in [0.5, 0.6) is 5.75 Å². The maximum atomic E-state index is 12.9. The van der Waals surface area contributed by atoms with Gasteiger partial charge < -0.3 is 4.74 Å². The summed E-state index contributed by atoms with van der Waals surface area (Å²) in [5, 5.41) is -0.277. The van der Waals surface area contributed by atoms with E-state index in [9.17, 15) is 21.6 Å². The van der Waals surface area contributed by atoms with Crippen LogP contribution in [0.3, 0.4) is 0 Å². The lowest BCUT2D eigenvalue weighted by atomic mass is 10.0. The highest BCUT2D eigenvalue weighted by atomic mass is 35.5. The first-order valence-corrected chi connectivity index (χ1v) is 9.15. The molecular weight excluding hydrogens is 379 g/mol. The molecule has 9 heteroatoms. The SMILES string of the molecule is O=S(=O)(NC1CCOc2ccccc21)c1cc(C(F)(F)F)ccc1Cl. The van der Waals surface area contributed by atoms with E-state index in [0.29, 0.717) is 30.4 Å². The van der Waals surface area contributed by atoms with Gasteiger partial charge in [0.1, 0.15) is 10.6 Å². The molecule has 0 aliphatic carbocycles. The Morgan fingerprint density at radius 1 is 1.16 bits per heavy atom. The molecule has 1 heterocycles. The number of sulfonamides is 1. The number of halogens is 4. The van der Waals surface area contributed by atoms with Crippen molar-refractivity contribution in [1.29, 1.82) is 0 Å². The van der Waals surface area contributed by atoms with E-state index in [1.807, 2.05) is 0 Å². The molecule has 0 saturated heterocycles. The minimum Gasteiger partial charge on any atom is -0.493 e. The molecule has 0 spiro atoms. The molecule has 0 amide bonds. The summed E-state index contributed by atoms with van der Waals surface area (Å²) >= 11 is 5.84. The second-order valence-electron chi connectivity index (χ2n) is 5.49. The number of benzene rings is 2. The Labute approximate surface area is 147 Å². The number of fused-ring (bicyclic) bond motifs is 1. The topological polar surface area (TPSA) is 55.4 Å². The van der Waals surface area contributed by atoms with Gasteiger partial charge in [-0.25, -0.2) is 13.1 Å². The zero-order valence-corrected chi connectivity index (χ0v) is 14.3. The summed E-state index contributed by atoms with van der Waals surface area (Å²) in [5.74, 6) is 0.539. The second kappa shape index (κ2) is 6.51. The molecule has 1 aliphatic heterocycles. The van der Waals surface area contributed by atoms with Crippen molar-refractivity contribution in [1.82, 2.24) is 4.72 Å². The highest BCUT2D eigenvalue weighted by Crippen LogP contribution is 2.36. The van der Waals surface area contributed by atoms with Gasteiger partial charge in [-0.05, 0) is 24.3 Å². The molecule has 2 aromatic rings. The van der Waals surface area contributed by atoms with Crippen molar-refractivity contribution in [2.45, 2.75) is 23.5 Å². The Kier molecular flexibility index (Phi) is 4.70. The number of ether oxygens (including phenoxy) is 1. The van der Waals surface area contributed by atoms with E-state index in [1.54, 1.807) is 24.3 Å². The Bertz CT molecular complexity index is 900. The standard InChI is InChI=1S/C16H13ClF3NO3S/c17-12-6-5-10(16(18,19)20)9-15(12)25(22,23)21-13-7-8-24-14-4-2-1-3-11(13)14/h1-6,9,13,21H,7-8H2. The van der Waals surface area contributed by atoms with Crippen LogP contribution in [0, 0.1) is 0 Å². The molecule has 3 rings (SSSR count). The summed E-state index contributed by atoms with van der Waals surface area (Å²) in [7, 11) is -4.25. The third kappa shape index (κ3) is 3.75. The van der Waals surface area contributed by atoms with E-state index in [1.165, 1.54) is 0 Å². The normalized spacial score (nSPS) is 17.7. The first-order valence-electron chi connectivity index (χ1n) is 7.29. The van der Waals surface area contributed by atoms with Gasteiger partial charge in [-0.1, -0.05) is 29.8 Å². The zero-order valence-electron chi connectivity index (χ0n) is 12.7. The summed E-state index contributed by atoms with van der Waals surface area (Å²) in [4.78, 5) is -0.604. The van der Waals surface area contributed by atoms with E-state index in [0.717, 1.165) is 12.1 Å². The number of hydrogen-bond acceptors (Lipinski definition) is 3. The van der Waals surface area contributed by atoms with Gasteiger partial charge in [0.05, 0.1) is 23.2 Å². The predicted molar refractivity (Wildman–Crippen MR) is 86.1 cm³/mol. The van der Waals surface area contributed by atoms with Gasteiger partial charge >= 0.3 is 6.18 Å². The average Bonchev–Trinajstić information content (AvgIpc) is 2.54. The van der Waals surface area contributed by atoms with Crippen LogP contribution in [0.1, 0.15) is 23.6 Å². The van der Waals surface area contributed by atoms with Crippen molar-refractivity contribution in [2.24, 2.45) is 0 Å². The molecule has 0 fully saturated rings. The highest BCUT2D eigenvalue weighted by Gasteiger charge is 2.34. The van der Waals surface area contributed by atoms with Crippen LogP contribution in [0.15, 0.2) is 47.4 Å². The van der Waals surface area contributed by atoms with Gasteiger partial charge in [0.25, 0.3) is 0 Å². The van der Waals surface area contributed by atoms with Crippen LogP contribution in [0.4, 0.5) is 13.2 Å². The van der Waals surface area contributed by atoms with Crippen molar-refractivity contribution >= 4 is 21.6 Å². The highest BCUT2D eigenvalue weighted by molar-refractivity contribution is 7.89. The quantitative estimate of drug-likeness (QED) is 0.854. The monoisotopic (exact) mass is 391 g/mol. The van der Waals surface area contributed by atoms with Crippen LogP contribution in [0.25, 0.3) is 0 Å². The van der Waals surface area contributed by atoms with Gasteiger partial charge in [0, 0.05) is 12.0 Å². The van der Waals surface area contributed by atoms with Crippen molar-refractivity contribution < 1.29 is 26.3 Å². The third-order valence-corrected chi connectivity index (χ3v) is 5.76. The predicted octanol–water partition coefficient (Wildman–Crippen LogP) is 4.16. The fourth-order valence-corrected chi connectivity index (χ4v) is 4.38. The zero-order chi connectivity index (χ0) is 18.2. The van der Waals surface area contributed by atoms with Crippen molar-refractivity contribution in [3.05, 3.63) is 58.6 Å². The van der Waals surface area contributed by atoms with E-state index in [-0.39, 0.29) is 5.02 Å². The molecule has 1 aliphatic rings. The maximum Gasteiger partial charge on any atom is 0.416 e. The van der Waals surface area contributed by atoms with Gasteiger partial charge in [-0.2, -0.15) is 13.2 Å². The number of para-hydroxylation sites is 1. The number of alkyl halides is 3. The largest absolute Gasteiger partial charge is 0.493 e. The van der Waals surface area contributed by atoms with Crippen LogP contribution in [0.2, 0.25) is 5.02 Å². The fraction of sp³-hybridized carbons (Fsp3) is 0.250. The number of nitrogens with one attached hydrogen (secondary N) is 1. The Balaban J connectivity index is 1.96. The van der Waals surface area contributed by atoms with Gasteiger partial charge in [-0.15, -0.1) is 0 Å². The molecule has 0 bridgehead atoms. The molecule has 0 aromatic heterocycles. The lowest BCUT2D eigenvalue weighted by molar-refractivity contribution is -0.137. The van der Waals surface area contributed by atoms with Gasteiger partial charge in [-0.3, -0.25) is 0 Å². The number of hydrogen-bond donors (Lipinski definition) is 1. The molecule has 1 N–H and O–H groups in total. The molecular formula is C16H13ClF3NO3S. The molecule has 1 unspecified atom stereocenters. The molecule has 134 valence electrons. The van der Waals surface area contributed by atoms with E-state index >= 15 is 0 Å². The second-order valence-corrected chi connectivity index (χ2v) is 7.58. The van der Waals surface area contributed by atoms with Crippen molar-refractivity contribution in [3.63, 3.8) is 0 Å². The minimum atomic E-state index is -4.67. The van der Waals surface area contributed by atoms with E-state index in [4.69, 9.17) is 16.3 Å². The third-order valence-electron chi connectivity index (χ3n) is 3.80. The average molecular weight is 392 g/mol. The Morgan fingerprint density at radius 3 is 2.60 bits per heavy atom. The molecule has 1 atom stereocenters. The minimum absolute atomic E-state index is 0.277. The summed E-state index contributed by atoms with van der Waals surface area (Å²) in [6, 6.07) is 8.48. The van der Waals surface area contributed by atoms with Gasteiger partial charge in [0.2, 0.25) is 10.0 Å². The smallest absolute Gasteiger partial charge is 0.416 e. The van der Waals surface area contributed by atoms with Gasteiger partial charge in [0.15, 0.2) is 0 Å². The molecule has 0 saturated carbocycles. The van der Waals surface area contributed by atoms with E-state index < -0.39 is 32.7 Å². The lowest BCUT2D eigenvalue weighted by Crippen LogP contribution is -2.32. The summed E-state index contributed by atoms with van der Waals surface area (Å²) in [6.07, 6.45) is -4.31. The Morgan fingerprint density at radius 2 is 1.88 bits per heavy atom. The molecule has 4 nitrogen and oxygen atoms in total. The van der Waals surface area contributed by atoms with Crippen LogP contribution >= 0.6 is 11.6 Å². The molecule has 2 aromatic carbocycles. The maximum absolute atomic E-state index is 12.9. The summed E-state index contributed by atoms with van der Waals surface area (Å²) in [6.45, 7) is 0.292. The fourth-order valence-electron chi connectivity index (χ4n) is 2.60. The lowest BCUT2D eigenvalue weighted by Gasteiger charge is -2.26. The molecule has 25 heavy (non-hydrogen) atoms. The summed E-state index contributed by atoms with van der Waals surface area (Å²) < 4.78 is 71.7. The first-order chi connectivity index (χ1) is 11.7. The van der Waals surface area contributed by atoms with Crippen molar-refractivity contribution in [3.8, 4) is 5.75 Å². The number of rotatable bonds is 3. The molecule has 0 radical (unpaired) electrons. The summed E-state index contributed by atoms with van der Waals surface area (Å²) in [5.41, 5.74) is -0.454. The van der Waals surface area contributed by atoms with Crippen LogP contribution in [-0.4, -0.2) is 15.0 Å². The van der Waals surface area contributed by atoms with Crippen molar-refractivity contribution in [2.75, 3.05) is 6.61 Å². The van der Waals surface area contributed by atoms with Crippen LogP contribution in [-0.2, 0) is 16.2 Å². The Hall–Kier alpha value is -1.77. The van der Waals surface area contributed by atoms with E-state index in [2.05, 4.69) is 4.72 Å². The first kappa shape index (κ1) is 18.0.